The molecule has 0 atom stereocenters. The van der Waals surface area contributed by atoms with Gasteiger partial charge in [0.25, 0.3) is 5.56 Å². The molecule has 0 aliphatic heterocycles. The highest BCUT2D eigenvalue weighted by Crippen LogP contribution is 2.29. The van der Waals surface area contributed by atoms with Gasteiger partial charge in [0.05, 0.1) is 24.3 Å². The average Bonchev–Trinajstić information content (AvgIpc) is 3.19. The highest BCUT2D eigenvalue weighted by molar-refractivity contribution is 14.1. The van der Waals surface area contributed by atoms with Crippen LogP contribution in [-0.2, 0) is 0 Å². The number of hydrogen-bond acceptors (Lipinski definition) is 5. The number of aromatic nitrogens is 2. The number of phenols is 1. The van der Waals surface area contributed by atoms with Crippen LogP contribution in [0.3, 0.4) is 0 Å². The van der Waals surface area contributed by atoms with Crippen molar-refractivity contribution in [1.29, 1.82) is 0 Å². The normalized spacial score (nSPS) is 11.7. The number of aromatic hydroxyl groups is 1. The third-order valence-electron chi connectivity index (χ3n) is 4.81. The topological polar surface area (TPSA) is 80.6 Å². The van der Waals surface area contributed by atoms with Gasteiger partial charge < -0.3 is 9.52 Å². The Morgan fingerprint density at radius 3 is 2.59 bits per heavy atom. The Balaban J connectivity index is 1.73. The van der Waals surface area contributed by atoms with E-state index in [2.05, 4.69) is 55.3 Å². The van der Waals surface area contributed by atoms with Crippen molar-refractivity contribution in [3.05, 3.63) is 88.7 Å². The third-order valence-corrected chi connectivity index (χ3v) is 6.69. The van der Waals surface area contributed by atoms with Gasteiger partial charge in [-0.25, -0.2) is 4.98 Å². The number of hydrogen-bond donors (Lipinski definition) is 1. The van der Waals surface area contributed by atoms with Gasteiger partial charge >= 0.3 is 0 Å². The minimum Gasteiger partial charge on any atom is -0.506 e. The van der Waals surface area contributed by atoms with Gasteiger partial charge in [0.15, 0.2) is 5.76 Å². The number of furan rings is 1. The number of benzene rings is 3. The van der Waals surface area contributed by atoms with E-state index in [0.29, 0.717) is 34.4 Å². The van der Waals surface area contributed by atoms with Gasteiger partial charge in [-0.15, -0.1) is 0 Å². The van der Waals surface area contributed by atoms with Crippen LogP contribution in [0.5, 0.6) is 5.75 Å². The zero-order valence-corrected chi connectivity index (χ0v) is 21.2. The number of nitrogens with zero attached hydrogens (tertiary/aromatic N) is 3. The van der Waals surface area contributed by atoms with Gasteiger partial charge in [-0.1, -0.05) is 23.7 Å². The maximum atomic E-state index is 13.3. The first-order valence-corrected chi connectivity index (χ1v) is 11.9. The van der Waals surface area contributed by atoms with E-state index in [1.54, 1.807) is 60.8 Å². The fourth-order valence-electron chi connectivity index (χ4n) is 3.30. The van der Waals surface area contributed by atoms with Gasteiger partial charge in [0, 0.05) is 10.4 Å². The van der Waals surface area contributed by atoms with E-state index >= 15 is 0 Å². The molecule has 1 N–H and O–H groups in total. The van der Waals surface area contributed by atoms with Crippen molar-refractivity contribution in [2.24, 2.45) is 5.10 Å². The summed E-state index contributed by atoms with van der Waals surface area (Å²) < 4.78 is 8.58. The molecule has 0 aliphatic carbocycles. The van der Waals surface area contributed by atoms with Crippen LogP contribution in [0.1, 0.15) is 5.56 Å². The van der Waals surface area contributed by atoms with Crippen molar-refractivity contribution in [2.75, 3.05) is 0 Å². The lowest BCUT2D eigenvalue weighted by atomic mass is 10.2. The Hall–Kier alpha value is -2.44. The number of rotatable bonds is 3. The van der Waals surface area contributed by atoms with E-state index in [4.69, 9.17) is 16.0 Å². The van der Waals surface area contributed by atoms with Gasteiger partial charge in [-0.3, -0.25) is 4.79 Å². The van der Waals surface area contributed by atoms with E-state index in [1.165, 1.54) is 4.68 Å². The Labute approximate surface area is 213 Å². The molecule has 3 aromatic carbocycles. The summed E-state index contributed by atoms with van der Waals surface area (Å²) in [6.45, 7) is 0. The second-order valence-corrected chi connectivity index (χ2v) is 9.70. The van der Waals surface area contributed by atoms with Crippen LogP contribution in [0.2, 0.25) is 5.02 Å². The maximum absolute atomic E-state index is 13.3. The standard InChI is InChI=1S/C23H12ClI2N3O3/c24-14-5-6-19-13(9-14)10-20(32-19)22-28-18-4-2-1-3-15(18)23(31)29(22)27-11-12-7-16(25)21(30)17(26)8-12/h1-11,30H. The Bertz CT molecular complexity index is 1590. The van der Waals surface area contributed by atoms with E-state index < -0.39 is 0 Å². The quantitative estimate of drug-likeness (QED) is 0.182. The van der Waals surface area contributed by atoms with Crippen LogP contribution in [0, 0.1) is 7.14 Å². The van der Waals surface area contributed by atoms with Crippen molar-refractivity contribution in [3.8, 4) is 17.3 Å². The first kappa shape index (κ1) is 21.4. The van der Waals surface area contributed by atoms with Crippen molar-refractivity contribution < 1.29 is 9.52 Å². The van der Waals surface area contributed by atoms with Crippen LogP contribution in [0.15, 0.2) is 75.0 Å². The number of halogens is 3. The highest BCUT2D eigenvalue weighted by atomic mass is 127. The molecule has 32 heavy (non-hydrogen) atoms. The van der Waals surface area contributed by atoms with Crippen LogP contribution in [0.4, 0.5) is 0 Å². The second-order valence-electron chi connectivity index (χ2n) is 6.94. The molecule has 2 heterocycles. The first-order chi connectivity index (χ1) is 15.4. The molecule has 0 saturated heterocycles. The summed E-state index contributed by atoms with van der Waals surface area (Å²) in [6.07, 6.45) is 1.56. The summed E-state index contributed by atoms with van der Waals surface area (Å²) in [6, 6.07) is 17.8. The molecule has 0 saturated carbocycles. The van der Waals surface area contributed by atoms with Crippen molar-refractivity contribution in [3.63, 3.8) is 0 Å². The number of phenolic OH excluding ortho intramolecular Hbond substituents is 1. The van der Waals surface area contributed by atoms with Crippen molar-refractivity contribution in [2.45, 2.75) is 0 Å². The number of para-hydroxylation sites is 1. The molecular weight excluding hydrogens is 656 g/mol. The fourth-order valence-corrected chi connectivity index (χ4v) is 5.30. The molecule has 0 bridgehead atoms. The van der Waals surface area contributed by atoms with Gasteiger partial charge in [-0.05, 0) is 99.3 Å². The second kappa shape index (κ2) is 8.49. The minimum atomic E-state index is -0.316. The monoisotopic (exact) mass is 667 g/mol. The van der Waals surface area contributed by atoms with Crippen molar-refractivity contribution in [1.82, 2.24) is 9.66 Å². The Morgan fingerprint density at radius 2 is 1.81 bits per heavy atom. The van der Waals surface area contributed by atoms with E-state index in [1.807, 2.05) is 6.07 Å². The van der Waals surface area contributed by atoms with Gasteiger partial charge in [-0.2, -0.15) is 9.78 Å². The molecule has 0 unspecified atom stereocenters. The minimum absolute atomic E-state index is 0.217. The van der Waals surface area contributed by atoms with Crippen LogP contribution >= 0.6 is 56.8 Å². The Morgan fingerprint density at radius 1 is 1.06 bits per heavy atom. The summed E-state index contributed by atoms with van der Waals surface area (Å²) >= 11 is 10.2. The molecule has 5 aromatic rings. The molecule has 5 rings (SSSR count). The molecular formula is C23H12ClI2N3O3. The molecule has 0 fully saturated rings. The smallest absolute Gasteiger partial charge is 0.282 e. The zero-order valence-electron chi connectivity index (χ0n) is 16.1. The van der Waals surface area contributed by atoms with Crippen LogP contribution in [0.25, 0.3) is 33.5 Å². The summed E-state index contributed by atoms with van der Waals surface area (Å²) in [5.41, 5.74) is 1.60. The summed E-state index contributed by atoms with van der Waals surface area (Å²) in [4.78, 5) is 18.0. The first-order valence-electron chi connectivity index (χ1n) is 9.34. The fraction of sp³-hybridized carbons (Fsp3) is 0. The molecule has 6 nitrogen and oxygen atoms in total. The molecule has 0 spiro atoms. The van der Waals surface area contributed by atoms with Gasteiger partial charge in [0.2, 0.25) is 5.82 Å². The predicted octanol–water partition coefficient (Wildman–Crippen LogP) is 6.26. The van der Waals surface area contributed by atoms with Crippen LogP contribution in [-0.4, -0.2) is 21.0 Å². The largest absolute Gasteiger partial charge is 0.506 e. The molecule has 158 valence electrons. The molecule has 0 radical (unpaired) electrons. The van der Waals surface area contributed by atoms with Gasteiger partial charge in [0.1, 0.15) is 11.3 Å². The highest BCUT2D eigenvalue weighted by Gasteiger charge is 2.16. The molecule has 2 aromatic heterocycles. The molecule has 9 heteroatoms. The lowest BCUT2D eigenvalue weighted by Crippen LogP contribution is -2.20. The SMILES string of the molecule is O=c1c2ccccc2nc(-c2cc3cc(Cl)ccc3o2)n1N=Cc1cc(I)c(O)c(I)c1. The Kier molecular flexibility index (Phi) is 5.68. The van der Waals surface area contributed by atoms with E-state index in [0.717, 1.165) is 10.9 Å². The maximum Gasteiger partial charge on any atom is 0.282 e. The van der Waals surface area contributed by atoms with Crippen molar-refractivity contribution >= 4 is 84.9 Å². The van der Waals surface area contributed by atoms with Crippen LogP contribution < -0.4 is 5.56 Å². The third kappa shape index (κ3) is 3.90. The van der Waals surface area contributed by atoms with E-state index in [-0.39, 0.29) is 17.1 Å². The zero-order chi connectivity index (χ0) is 22.4. The molecule has 0 aliphatic rings. The summed E-state index contributed by atoms with van der Waals surface area (Å²) in [7, 11) is 0. The number of fused-ring (bicyclic) bond motifs is 2. The van der Waals surface area contributed by atoms with E-state index in [9.17, 15) is 9.90 Å². The lowest BCUT2D eigenvalue weighted by Gasteiger charge is -2.07. The average molecular weight is 668 g/mol. The lowest BCUT2D eigenvalue weighted by molar-refractivity contribution is 0.467. The molecule has 0 amide bonds. The summed E-state index contributed by atoms with van der Waals surface area (Å²) in [5.74, 6) is 0.895. The summed E-state index contributed by atoms with van der Waals surface area (Å²) in [5, 5.41) is 16.3. The predicted molar refractivity (Wildman–Crippen MR) is 143 cm³/mol.